The number of hydrogen-bond acceptors (Lipinski definition) is 8. The standard InChI is InChI=1S/2C9H17NO.C8H17N.C7H15NO.C7H15N/c1-7(2)10-8-3-4-9(10)6-11-5-8;1-7(2)10-5-8-3-4-9(6-10)11-8;1-8(2)9-6-4-3-5-7-9;1-7(2)8-3-5-9-6-4-8;1-7(2)8-5-3-4-6-8/h2*7-9H,3-6H2,1-2H3;8H,3-7H2,1-2H3;7H,3-6H2,1-2H3;7H,3-6H2,1-2H3. The Labute approximate surface area is 298 Å². The Bertz CT molecular complexity index is 759. The minimum absolute atomic E-state index is 0.552. The highest BCUT2D eigenvalue weighted by Crippen LogP contribution is 2.30. The van der Waals surface area contributed by atoms with Crippen molar-refractivity contribution in [3.63, 3.8) is 0 Å². The van der Waals surface area contributed by atoms with E-state index in [-0.39, 0.29) is 0 Å². The number of fused-ring (bicyclic) bond motifs is 4. The molecule has 8 heteroatoms. The van der Waals surface area contributed by atoms with Crippen LogP contribution in [-0.4, -0.2) is 158 Å². The lowest BCUT2D eigenvalue weighted by Crippen LogP contribution is -2.49. The minimum atomic E-state index is 0.552. The van der Waals surface area contributed by atoms with Crippen molar-refractivity contribution in [2.75, 3.05) is 78.8 Å². The van der Waals surface area contributed by atoms with Crippen molar-refractivity contribution >= 4 is 0 Å². The lowest BCUT2D eigenvalue weighted by molar-refractivity contribution is -0.0480. The molecule has 0 aliphatic carbocycles. The average Bonchev–Trinajstić information content (AvgIpc) is 3.81. The maximum atomic E-state index is 5.74. The van der Waals surface area contributed by atoms with E-state index in [1.165, 1.54) is 84.0 Å². The van der Waals surface area contributed by atoms with Crippen LogP contribution in [0.4, 0.5) is 0 Å². The van der Waals surface area contributed by atoms with Gasteiger partial charge in [0, 0.05) is 68.5 Å². The molecule has 48 heavy (non-hydrogen) atoms. The van der Waals surface area contributed by atoms with Gasteiger partial charge in [0.1, 0.15) is 0 Å². The van der Waals surface area contributed by atoms with Crippen molar-refractivity contribution in [1.82, 2.24) is 24.5 Å². The second-order valence-corrected chi connectivity index (χ2v) is 16.7. The quantitative estimate of drug-likeness (QED) is 0.322. The van der Waals surface area contributed by atoms with Gasteiger partial charge in [-0.05, 0) is 147 Å². The van der Waals surface area contributed by atoms with E-state index in [9.17, 15) is 0 Å². The molecule has 7 aliphatic rings. The molecule has 7 saturated heterocycles. The molecule has 0 radical (unpaired) electrons. The Morgan fingerprint density at radius 2 is 0.812 bits per heavy atom. The summed E-state index contributed by atoms with van der Waals surface area (Å²) in [4.78, 5) is 12.7. The van der Waals surface area contributed by atoms with E-state index in [4.69, 9.17) is 14.2 Å². The van der Waals surface area contributed by atoms with Crippen molar-refractivity contribution in [1.29, 1.82) is 0 Å². The summed E-state index contributed by atoms with van der Waals surface area (Å²) in [6, 6.07) is 5.09. The zero-order valence-corrected chi connectivity index (χ0v) is 33.5. The van der Waals surface area contributed by atoms with Gasteiger partial charge in [0.2, 0.25) is 0 Å². The monoisotopic (exact) mass is 680 g/mol. The highest BCUT2D eigenvalue weighted by atomic mass is 16.5. The van der Waals surface area contributed by atoms with Gasteiger partial charge in [0.05, 0.1) is 38.6 Å². The number of morpholine rings is 3. The summed E-state index contributed by atoms with van der Waals surface area (Å²) >= 11 is 0. The lowest BCUT2D eigenvalue weighted by Gasteiger charge is -2.37. The third-order valence-electron chi connectivity index (χ3n) is 11.5. The van der Waals surface area contributed by atoms with Crippen LogP contribution >= 0.6 is 0 Å². The molecule has 4 unspecified atom stereocenters. The number of piperidine rings is 1. The Morgan fingerprint density at radius 3 is 1.15 bits per heavy atom. The van der Waals surface area contributed by atoms with Crippen molar-refractivity contribution in [3.05, 3.63) is 0 Å². The van der Waals surface area contributed by atoms with E-state index in [0.717, 1.165) is 76.8 Å². The Balaban J connectivity index is 0.000000164. The highest BCUT2D eigenvalue weighted by Gasteiger charge is 2.38. The lowest BCUT2D eigenvalue weighted by atomic mass is 10.1. The Kier molecular flexibility index (Phi) is 19.8. The fourth-order valence-corrected chi connectivity index (χ4v) is 8.36. The van der Waals surface area contributed by atoms with Crippen molar-refractivity contribution in [3.8, 4) is 0 Å². The van der Waals surface area contributed by atoms with Crippen LogP contribution in [0.5, 0.6) is 0 Å². The van der Waals surface area contributed by atoms with E-state index >= 15 is 0 Å². The summed E-state index contributed by atoms with van der Waals surface area (Å²) in [6.45, 7) is 36.3. The topological polar surface area (TPSA) is 43.9 Å². The van der Waals surface area contributed by atoms with Crippen LogP contribution in [0.3, 0.4) is 0 Å². The number of nitrogens with zero attached hydrogens (tertiary/aromatic N) is 5. The molecule has 7 heterocycles. The third-order valence-corrected chi connectivity index (χ3v) is 11.5. The maximum Gasteiger partial charge on any atom is 0.0707 e. The van der Waals surface area contributed by atoms with Gasteiger partial charge in [0.25, 0.3) is 0 Å². The minimum Gasteiger partial charge on any atom is -0.379 e. The second kappa shape index (κ2) is 22.6. The summed E-state index contributed by atoms with van der Waals surface area (Å²) in [5.41, 5.74) is 0. The molecule has 0 aromatic carbocycles. The van der Waals surface area contributed by atoms with E-state index in [1.807, 2.05) is 0 Å². The van der Waals surface area contributed by atoms with Gasteiger partial charge in [-0.15, -0.1) is 0 Å². The number of likely N-dealkylation sites (tertiary alicyclic amines) is 3. The predicted octanol–water partition coefficient (Wildman–Crippen LogP) is 6.61. The SMILES string of the molecule is CC(C)N1C2CCC1COC2.CC(C)N1CC2CCC(C1)O2.CC(C)N1CCCC1.CC(C)N1CCCCC1.CC(C)N1CCOCC1. The van der Waals surface area contributed by atoms with Crippen LogP contribution in [0.15, 0.2) is 0 Å². The average molecular weight is 680 g/mol. The summed E-state index contributed by atoms with van der Waals surface area (Å²) in [5, 5.41) is 0. The van der Waals surface area contributed by atoms with Gasteiger partial charge in [-0.1, -0.05) is 6.42 Å². The number of rotatable bonds is 5. The van der Waals surface area contributed by atoms with Crippen molar-refractivity contribution in [2.24, 2.45) is 0 Å². The van der Waals surface area contributed by atoms with Gasteiger partial charge in [-0.3, -0.25) is 14.7 Å². The van der Waals surface area contributed by atoms with E-state index in [2.05, 4.69) is 93.7 Å². The zero-order chi connectivity index (χ0) is 35.1. The largest absolute Gasteiger partial charge is 0.379 e. The van der Waals surface area contributed by atoms with Crippen LogP contribution < -0.4 is 0 Å². The highest BCUT2D eigenvalue weighted by molar-refractivity contribution is 4.92. The van der Waals surface area contributed by atoms with Crippen LogP contribution in [0, 0.1) is 0 Å². The molecule has 4 atom stereocenters. The molecule has 0 amide bonds. The molecule has 0 N–H and O–H groups in total. The fraction of sp³-hybridized carbons (Fsp3) is 1.00. The van der Waals surface area contributed by atoms with Crippen molar-refractivity contribution < 1.29 is 14.2 Å². The Hall–Kier alpha value is -0.320. The molecule has 4 bridgehead atoms. The van der Waals surface area contributed by atoms with Gasteiger partial charge in [-0.25, -0.2) is 0 Å². The Morgan fingerprint density at radius 1 is 0.417 bits per heavy atom. The first-order valence-electron chi connectivity index (χ1n) is 20.5. The van der Waals surface area contributed by atoms with Crippen molar-refractivity contribution in [2.45, 2.75) is 182 Å². The summed E-state index contributed by atoms with van der Waals surface area (Å²) in [6.07, 6.45) is 13.5. The summed E-state index contributed by atoms with van der Waals surface area (Å²) < 4.78 is 16.4. The molecule has 7 aliphatic heterocycles. The van der Waals surface area contributed by atoms with E-state index < -0.39 is 0 Å². The molecule has 7 rings (SSSR count). The van der Waals surface area contributed by atoms with Gasteiger partial charge in [0.15, 0.2) is 0 Å². The fourth-order valence-electron chi connectivity index (χ4n) is 8.36. The molecule has 284 valence electrons. The predicted molar refractivity (Wildman–Crippen MR) is 203 cm³/mol. The van der Waals surface area contributed by atoms with Gasteiger partial charge < -0.3 is 24.0 Å². The first-order valence-corrected chi connectivity index (χ1v) is 20.5. The summed E-state index contributed by atoms with van der Waals surface area (Å²) in [7, 11) is 0. The number of hydrogen-bond donors (Lipinski definition) is 0. The van der Waals surface area contributed by atoms with Crippen LogP contribution in [0.1, 0.15) is 127 Å². The normalized spacial score (nSPS) is 30.1. The second-order valence-electron chi connectivity index (χ2n) is 16.7. The number of ether oxygens (including phenoxy) is 3. The van der Waals surface area contributed by atoms with Gasteiger partial charge in [-0.2, -0.15) is 0 Å². The molecular weight excluding hydrogens is 598 g/mol. The molecule has 0 saturated carbocycles. The van der Waals surface area contributed by atoms with Crippen LogP contribution in [-0.2, 0) is 14.2 Å². The van der Waals surface area contributed by atoms with E-state index in [1.54, 1.807) is 0 Å². The first-order chi connectivity index (χ1) is 23.0. The maximum absolute atomic E-state index is 5.74. The molecule has 7 fully saturated rings. The van der Waals surface area contributed by atoms with Gasteiger partial charge >= 0.3 is 0 Å². The summed E-state index contributed by atoms with van der Waals surface area (Å²) in [5.74, 6) is 0. The molecule has 0 spiro atoms. The smallest absolute Gasteiger partial charge is 0.0707 e. The molecule has 0 aromatic heterocycles. The van der Waals surface area contributed by atoms with E-state index in [0.29, 0.717) is 30.3 Å². The first kappa shape index (κ1) is 42.1. The van der Waals surface area contributed by atoms with Crippen LogP contribution in [0.25, 0.3) is 0 Å². The third kappa shape index (κ3) is 14.7. The van der Waals surface area contributed by atoms with Crippen LogP contribution in [0.2, 0.25) is 0 Å². The molecule has 0 aromatic rings. The zero-order valence-electron chi connectivity index (χ0n) is 33.5. The molecular formula is C40H81N5O3. The molecule has 8 nitrogen and oxygen atoms in total.